The molecular formula is C15H9ClN2O3. The Morgan fingerprint density at radius 3 is 2.76 bits per heavy atom. The average molecular weight is 301 g/mol. The summed E-state index contributed by atoms with van der Waals surface area (Å²) in [5.41, 5.74) is 0.254. The summed E-state index contributed by atoms with van der Waals surface area (Å²) in [6.45, 7) is 0. The molecule has 3 rings (SSSR count). The molecule has 0 amide bonds. The maximum atomic E-state index is 11.2. The lowest BCUT2D eigenvalue weighted by molar-refractivity contribution is 0.0699. The summed E-state index contributed by atoms with van der Waals surface area (Å²) in [7, 11) is 0. The fraction of sp³-hybridized carbons (Fsp3) is 0. The first-order valence-corrected chi connectivity index (χ1v) is 6.43. The first kappa shape index (κ1) is 13.3. The van der Waals surface area contributed by atoms with Crippen molar-refractivity contribution in [2.45, 2.75) is 0 Å². The molecule has 0 aliphatic rings. The van der Waals surface area contributed by atoms with Crippen LogP contribution < -0.4 is 4.74 Å². The highest BCUT2D eigenvalue weighted by molar-refractivity contribution is 6.29. The lowest BCUT2D eigenvalue weighted by atomic mass is 10.0. The van der Waals surface area contributed by atoms with Crippen LogP contribution in [0.2, 0.25) is 5.15 Å². The van der Waals surface area contributed by atoms with Crippen molar-refractivity contribution in [2.24, 2.45) is 0 Å². The monoisotopic (exact) mass is 300 g/mol. The van der Waals surface area contributed by atoms with Crippen molar-refractivity contribution in [2.75, 3.05) is 0 Å². The third-order valence-corrected chi connectivity index (χ3v) is 3.12. The van der Waals surface area contributed by atoms with Gasteiger partial charge in [-0.2, -0.15) is 0 Å². The normalized spacial score (nSPS) is 10.5. The molecule has 21 heavy (non-hydrogen) atoms. The van der Waals surface area contributed by atoms with Crippen LogP contribution in [0.4, 0.5) is 0 Å². The van der Waals surface area contributed by atoms with Gasteiger partial charge >= 0.3 is 5.97 Å². The number of fused-ring (bicyclic) bond motifs is 1. The van der Waals surface area contributed by atoms with Crippen molar-refractivity contribution in [3.05, 3.63) is 59.5 Å². The van der Waals surface area contributed by atoms with E-state index in [-0.39, 0.29) is 10.7 Å². The molecular weight excluding hydrogens is 292 g/mol. The van der Waals surface area contributed by atoms with Gasteiger partial charge < -0.3 is 9.84 Å². The van der Waals surface area contributed by atoms with Crippen LogP contribution in [0.3, 0.4) is 0 Å². The van der Waals surface area contributed by atoms with Gasteiger partial charge in [-0.3, -0.25) is 0 Å². The third kappa shape index (κ3) is 2.78. The van der Waals surface area contributed by atoms with Gasteiger partial charge in [-0.25, -0.2) is 14.8 Å². The lowest BCUT2D eigenvalue weighted by Crippen LogP contribution is -1.97. The second-order valence-corrected chi connectivity index (χ2v) is 4.66. The van der Waals surface area contributed by atoms with Crippen LogP contribution >= 0.6 is 11.6 Å². The quantitative estimate of drug-likeness (QED) is 0.745. The number of carbonyl (C=O) groups is 1. The van der Waals surface area contributed by atoms with E-state index in [2.05, 4.69) is 9.97 Å². The molecule has 0 radical (unpaired) electrons. The molecule has 1 heterocycles. The third-order valence-electron chi connectivity index (χ3n) is 2.91. The molecule has 0 unspecified atom stereocenters. The van der Waals surface area contributed by atoms with Gasteiger partial charge in [0.1, 0.15) is 17.2 Å². The minimum absolute atomic E-state index is 0.254. The zero-order valence-electron chi connectivity index (χ0n) is 10.7. The van der Waals surface area contributed by atoms with Crippen molar-refractivity contribution in [3.63, 3.8) is 0 Å². The van der Waals surface area contributed by atoms with Crippen LogP contribution in [0.25, 0.3) is 10.8 Å². The molecule has 0 bridgehead atoms. The number of benzene rings is 2. The molecule has 6 heteroatoms. The molecule has 0 atom stereocenters. The second-order valence-electron chi connectivity index (χ2n) is 4.27. The van der Waals surface area contributed by atoms with E-state index in [4.69, 9.17) is 21.4 Å². The lowest BCUT2D eigenvalue weighted by Gasteiger charge is -2.07. The van der Waals surface area contributed by atoms with Crippen molar-refractivity contribution in [1.82, 2.24) is 9.97 Å². The Balaban J connectivity index is 2.00. The maximum absolute atomic E-state index is 11.2. The second kappa shape index (κ2) is 5.38. The van der Waals surface area contributed by atoms with Crippen LogP contribution in [-0.2, 0) is 0 Å². The van der Waals surface area contributed by atoms with Crippen molar-refractivity contribution >= 4 is 28.3 Å². The first-order chi connectivity index (χ1) is 10.1. The predicted molar refractivity (Wildman–Crippen MR) is 78.0 cm³/mol. The number of hydrogen-bond donors (Lipinski definition) is 1. The van der Waals surface area contributed by atoms with Gasteiger partial charge in [0.2, 0.25) is 5.88 Å². The minimum atomic E-state index is -0.961. The molecule has 0 fully saturated rings. The molecule has 0 saturated heterocycles. The Bertz CT molecular complexity index is 836. The number of aromatic nitrogens is 2. The maximum Gasteiger partial charge on any atom is 0.336 e. The zero-order valence-corrected chi connectivity index (χ0v) is 11.4. The number of nitrogens with zero attached hydrogens (tertiary/aromatic N) is 2. The Hall–Kier alpha value is -2.66. The van der Waals surface area contributed by atoms with Gasteiger partial charge in [0.05, 0.1) is 5.56 Å². The number of rotatable bonds is 3. The highest BCUT2D eigenvalue weighted by Crippen LogP contribution is 2.27. The Morgan fingerprint density at radius 2 is 2.00 bits per heavy atom. The minimum Gasteiger partial charge on any atom is -0.478 e. The van der Waals surface area contributed by atoms with E-state index in [1.807, 2.05) is 6.07 Å². The summed E-state index contributed by atoms with van der Waals surface area (Å²) in [5, 5.41) is 10.9. The largest absolute Gasteiger partial charge is 0.478 e. The number of hydrogen-bond acceptors (Lipinski definition) is 4. The molecule has 104 valence electrons. The van der Waals surface area contributed by atoms with Gasteiger partial charge in [0.15, 0.2) is 0 Å². The van der Waals surface area contributed by atoms with Crippen LogP contribution in [-0.4, -0.2) is 21.0 Å². The molecule has 0 aliphatic heterocycles. The summed E-state index contributed by atoms with van der Waals surface area (Å²) in [6.07, 6.45) is 1.31. The predicted octanol–water partition coefficient (Wildman–Crippen LogP) is 3.77. The summed E-state index contributed by atoms with van der Waals surface area (Å²) in [4.78, 5) is 18.9. The van der Waals surface area contributed by atoms with Crippen LogP contribution in [0.5, 0.6) is 11.6 Å². The van der Waals surface area contributed by atoms with E-state index in [1.165, 1.54) is 12.4 Å². The van der Waals surface area contributed by atoms with E-state index >= 15 is 0 Å². The SMILES string of the molecule is O=C(O)c1cccc2cc(Oc3cc(Cl)ncn3)ccc12. The number of carboxylic acid groups (broad SMARTS) is 1. The van der Waals surface area contributed by atoms with Gasteiger partial charge in [-0.15, -0.1) is 0 Å². The van der Waals surface area contributed by atoms with E-state index in [9.17, 15) is 4.79 Å². The van der Waals surface area contributed by atoms with E-state index < -0.39 is 5.97 Å². The van der Waals surface area contributed by atoms with Crippen molar-refractivity contribution in [3.8, 4) is 11.6 Å². The number of ether oxygens (including phenoxy) is 1. The summed E-state index contributed by atoms with van der Waals surface area (Å²) >= 11 is 5.77. The zero-order chi connectivity index (χ0) is 14.8. The Labute approximate surface area is 124 Å². The number of halogens is 1. The first-order valence-electron chi connectivity index (χ1n) is 6.05. The molecule has 1 aromatic heterocycles. The molecule has 1 N–H and O–H groups in total. The molecule has 0 spiro atoms. The van der Waals surface area contributed by atoms with Gasteiger partial charge in [-0.05, 0) is 35.0 Å². The summed E-state index contributed by atoms with van der Waals surface area (Å²) in [6, 6.07) is 11.7. The molecule has 0 aliphatic carbocycles. The topological polar surface area (TPSA) is 72.3 Å². The average Bonchev–Trinajstić information content (AvgIpc) is 2.46. The van der Waals surface area contributed by atoms with Crippen LogP contribution in [0.15, 0.2) is 48.8 Å². The van der Waals surface area contributed by atoms with E-state index in [0.29, 0.717) is 17.0 Å². The van der Waals surface area contributed by atoms with Crippen LogP contribution in [0.1, 0.15) is 10.4 Å². The molecule has 0 saturated carbocycles. The fourth-order valence-corrected chi connectivity index (χ4v) is 2.14. The van der Waals surface area contributed by atoms with E-state index in [0.717, 1.165) is 5.39 Å². The fourth-order valence-electron chi connectivity index (χ4n) is 2.01. The smallest absolute Gasteiger partial charge is 0.336 e. The summed E-state index contributed by atoms with van der Waals surface area (Å²) < 4.78 is 5.58. The van der Waals surface area contributed by atoms with Gasteiger partial charge in [0, 0.05) is 6.07 Å². The molecule has 2 aromatic carbocycles. The Morgan fingerprint density at radius 1 is 1.14 bits per heavy atom. The standard InChI is InChI=1S/C15H9ClN2O3/c16-13-7-14(18-8-17-13)21-10-4-5-11-9(6-10)2-1-3-12(11)15(19)20/h1-8H,(H,19,20). The van der Waals surface area contributed by atoms with Crippen molar-refractivity contribution in [1.29, 1.82) is 0 Å². The number of carboxylic acids is 1. The highest BCUT2D eigenvalue weighted by Gasteiger charge is 2.09. The molecule has 3 aromatic rings. The van der Waals surface area contributed by atoms with Gasteiger partial charge in [0.25, 0.3) is 0 Å². The summed E-state index contributed by atoms with van der Waals surface area (Å²) in [5.74, 6) is -0.0969. The Kier molecular flexibility index (Phi) is 3.41. The molecule has 5 nitrogen and oxygen atoms in total. The van der Waals surface area contributed by atoms with Crippen LogP contribution in [0, 0.1) is 0 Å². The van der Waals surface area contributed by atoms with Gasteiger partial charge in [-0.1, -0.05) is 23.7 Å². The van der Waals surface area contributed by atoms with E-state index in [1.54, 1.807) is 30.3 Å². The highest BCUT2D eigenvalue weighted by atomic mass is 35.5. The van der Waals surface area contributed by atoms with Crippen molar-refractivity contribution < 1.29 is 14.6 Å². The number of aromatic carboxylic acids is 1.